The summed E-state index contributed by atoms with van der Waals surface area (Å²) in [6.45, 7) is 0. The highest BCUT2D eigenvalue weighted by molar-refractivity contribution is 5.58. The summed E-state index contributed by atoms with van der Waals surface area (Å²) in [6.07, 6.45) is 0.809. The van der Waals surface area contributed by atoms with E-state index in [-0.39, 0.29) is 11.8 Å². The molecule has 4 nitrogen and oxygen atoms in total. The molecule has 0 radical (unpaired) electrons. The zero-order valence-corrected chi connectivity index (χ0v) is 8.42. The van der Waals surface area contributed by atoms with E-state index in [9.17, 15) is 13.2 Å². The fourth-order valence-electron chi connectivity index (χ4n) is 1.20. The Balaban J connectivity index is 2.41. The van der Waals surface area contributed by atoms with Gasteiger partial charge >= 0.3 is 0 Å². The minimum atomic E-state index is -0.860. The summed E-state index contributed by atoms with van der Waals surface area (Å²) in [4.78, 5) is 6.89. The van der Waals surface area contributed by atoms with Gasteiger partial charge in [0.15, 0.2) is 11.6 Å². The van der Waals surface area contributed by atoms with Crippen LogP contribution in [-0.2, 0) is 0 Å². The van der Waals surface area contributed by atoms with Gasteiger partial charge < -0.3 is 11.1 Å². The van der Waals surface area contributed by atoms with Gasteiger partial charge in [0.25, 0.3) is 0 Å². The Labute approximate surface area is 94.3 Å². The molecule has 1 heterocycles. The predicted octanol–water partition coefficient (Wildman–Crippen LogP) is 2.22. The molecule has 0 saturated carbocycles. The number of para-hydroxylation sites is 1. The van der Waals surface area contributed by atoms with Gasteiger partial charge in [0.05, 0.1) is 6.20 Å². The molecule has 7 heteroatoms. The number of nitrogens with zero attached hydrogens (tertiary/aromatic N) is 2. The van der Waals surface area contributed by atoms with Gasteiger partial charge in [0.1, 0.15) is 17.3 Å². The van der Waals surface area contributed by atoms with Crippen LogP contribution in [0, 0.1) is 17.5 Å². The quantitative estimate of drug-likeness (QED) is 0.844. The average Bonchev–Trinajstić information content (AvgIpc) is 2.28. The first-order chi connectivity index (χ1) is 8.08. The summed E-state index contributed by atoms with van der Waals surface area (Å²) in [5.74, 6) is -3.17. The van der Waals surface area contributed by atoms with Crippen molar-refractivity contribution in [2.24, 2.45) is 0 Å². The monoisotopic (exact) mass is 240 g/mol. The van der Waals surface area contributed by atoms with Crippen molar-refractivity contribution in [1.29, 1.82) is 0 Å². The van der Waals surface area contributed by atoms with Gasteiger partial charge in [-0.2, -0.15) is 4.98 Å². The number of hydrogen-bond donors (Lipinski definition) is 2. The zero-order chi connectivity index (χ0) is 12.4. The van der Waals surface area contributed by atoms with Gasteiger partial charge in [-0.3, -0.25) is 0 Å². The van der Waals surface area contributed by atoms with Gasteiger partial charge in [-0.15, -0.1) is 0 Å². The lowest BCUT2D eigenvalue weighted by atomic mass is 10.3. The van der Waals surface area contributed by atoms with Crippen LogP contribution in [0.1, 0.15) is 0 Å². The molecule has 3 N–H and O–H groups in total. The third-order valence-electron chi connectivity index (χ3n) is 1.97. The molecule has 0 spiro atoms. The first-order valence-corrected chi connectivity index (χ1v) is 4.57. The maximum absolute atomic E-state index is 13.3. The molecule has 0 saturated heterocycles. The molecule has 1 aromatic heterocycles. The molecule has 1 aromatic carbocycles. The van der Waals surface area contributed by atoms with Crippen LogP contribution in [0.25, 0.3) is 0 Å². The van der Waals surface area contributed by atoms with E-state index in [2.05, 4.69) is 15.3 Å². The van der Waals surface area contributed by atoms with E-state index in [1.807, 2.05) is 0 Å². The van der Waals surface area contributed by atoms with Crippen LogP contribution in [0.2, 0.25) is 0 Å². The van der Waals surface area contributed by atoms with Gasteiger partial charge in [0, 0.05) is 0 Å². The number of nitrogens with two attached hydrogens (primary N) is 1. The van der Waals surface area contributed by atoms with E-state index in [0.29, 0.717) is 0 Å². The molecular weight excluding hydrogens is 233 g/mol. The maximum Gasteiger partial charge on any atom is 0.222 e. The molecule has 0 unspecified atom stereocenters. The number of nitrogens with one attached hydrogen (secondary N) is 1. The molecular formula is C10H7F3N4. The predicted molar refractivity (Wildman–Crippen MR) is 56.0 cm³/mol. The molecule has 0 atom stereocenters. The third kappa shape index (κ3) is 2.27. The summed E-state index contributed by atoms with van der Waals surface area (Å²) in [5, 5.41) is 2.19. The Morgan fingerprint density at radius 3 is 2.35 bits per heavy atom. The zero-order valence-electron chi connectivity index (χ0n) is 8.42. The maximum atomic E-state index is 13.3. The first kappa shape index (κ1) is 11.2. The number of nitrogen functional groups attached to an aromatic ring is 1. The largest absolute Gasteiger partial charge is 0.368 e. The van der Waals surface area contributed by atoms with Crippen molar-refractivity contribution in [1.82, 2.24) is 9.97 Å². The Bertz CT molecular complexity index is 539. The Hall–Kier alpha value is -2.31. The molecule has 0 aliphatic rings. The molecule has 2 rings (SSSR count). The van der Waals surface area contributed by atoms with Gasteiger partial charge in [-0.1, -0.05) is 6.07 Å². The Morgan fingerprint density at radius 1 is 1.06 bits per heavy atom. The van der Waals surface area contributed by atoms with Gasteiger partial charge in [0.2, 0.25) is 5.95 Å². The fourth-order valence-corrected chi connectivity index (χ4v) is 1.20. The van der Waals surface area contributed by atoms with Crippen molar-refractivity contribution >= 4 is 17.5 Å². The van der Waals surface area contributed by atoms with Gasteiger partial charge in [-0.25, -0.2) is 18.2 Å². The van der Waals surface area contributed by atoms with Crippen LogP contribution in [-0.4, -0.2) is 9.97 Å². The molecule has 0 fully saturated rings. The van der Waals surface area contributed by atoms with E-state index in [4.69, 9.17) is 5.73 Å². The lowest BCUT2D eigenvalue weighted by Crippen LogP contribution is -2.05. The summed E-state index contributed by atoms with van der Waals surface area (Å²) in [7, 11) is 0. The second-order valence-corrected chi connectivity index (χ2v) is 3.15. The fraction of sp³-hybridized carbons (Fsp3) is 0. The minimum Gasteiger partial charge on any atom is -0.368 e. The number of rotatable bonds is 2. The molecule has 0 amide bonds. The second kappa shape index (κ2) is 4.28. The molecule has 0 aliphatic carbocycles. The number of benzene rings is 1. The number of aromatic nitrogens is 2. The van der Waals surface area contributed by atoms with Crippen molar-refractivity contribution in [2.45, 2.75) is 0 Å². The van der Waals surface area contributed by atoms with Crippen LogP contribution in [0.5, 0.6) is 0 Å². The van der Waals surface area contributed by atoms with Gasteiger partial charge in [-0.05, 0) is 12.1 Å². The van der Waals surface area contributed by atoms with Crippen molar-refractivity contribution < 1.29 is 13.2 Å². The SMILES string of the molecule is Nc1ncc(F)c(Nc2c(F)cccc2F)n1. The van der Waals surface area contributed by atoms with Crippen molar-refractivity contribution in [2.75, 3.05) is 11.1 Å². The average molecular weight is 240 g/mol. The second-order valence-electron chi connectivity index (χ2n) is 3.15. The lowest BCUT2D eigenvalue weighted by molar-refractivity contribution is 0.588. The highest BCUT2D eigenvalue weighted by Gasteiger charge is 2.12. The Kier molecular flexibility index (Phi) is 2.82. The smallest absolute Gasteiger partial charge is 0.222 e. The van der Waals surface area contributed by atoms with Crippen molar-refractivity contribution in [3.63, 3.8) is 0 Å². The minimum absolute atomic E-state index is 0.203. The standard InChI is InChI=1S/C10H7F3N4/c11-5-2-1-3-6(12)8(5)16-9-7(13)4-15-10(14)17-9/h1-4H,(H3,14,15,16,17). The van der Waals surface area contributed by atoms with Crippen LogP contribution < -0.4 is 11.1 Å². The van der Waals surface area contributed by atoms with Crippen LogP contribution in [0.4, 0.5) is 30.6 Å². The highest BCUT2D eigenvalue weighted by atomic mass is 19.1. The first-order valence-electron chi connectivity index (χ1n) is 4.57. The number of halogens is 3. The van der Waals surface area contributed by atoms with Crippen LogP contribution >= 0.6 is 0 Å². The topological polar surface area (TPSA) is 63.8 Å². The van der Waals surface area contributed by atoms with Crippen LogP contribution in [0.15, 0.2) is 24.4 Å². The van der Waals surface area contributed by atoms with E-state index in [0.717, 1.165) is 18.3 Å². The summed E-state index contributed by atoms with van der Waals surface area (Å²) >= 11 is 0. The highest BCUT2D eigenvalue weighted by Crippen LogP contribution is 2.23. The summed E-state index contributed by atoms with van der Waals surface area (Å²) < 4.78 is 39.8. The van der Waals surface area contributed by atoms with E-state index in [1.54, 1.807) is 0 Å². The molecule has 0 aliphatic heterocycles. The van der Waals surface area contributed by atoms with E-state index >= 15 is 0 Å². The number of hydrogen-bond acceptors (Lipinski definition) is 4. The van der Waals surface area contributed by atoms with Crippen molar-refractivity contribution in [3.8, 4) is 0 Å². The summed E-state index contributed by atoms with van der Waals surface area (Å²) in [6, 6.07) is 3.27. The summed E-state index contributed by atoms with van der Waals surface area (Å²) in [5.41, 5.74) is 4.75. The van der Waals surface area contributed by atoms with Crippen LogP contribution in [0.3, 0.4) is 0 Å². The van der Waals surface area contributed by atoms with E-state index in [1.165, 1.54) is 6.07 Å². The normalized spacial score (nSPS) is 10.3. The molecule has 88 valence electrons. The molecule has 0 bridgehead atoms. The third-order valence-corrected chi connectivity index (χ3v) is 1.97. The van der Waals surface area contributed by atoms with E-state index < -0.39 is 23.1 Å². The Morgan fingerprint density at radius 2 is 1.71 bits per heavy atom. The molecule has 2 aromatic rings. The molecule has 17 heavy (non-hydrogen) atoms. The number of anilines is 3. The lowest BCUT2D eigenvalue weighted by Gasteiger charge is -2.08. The van der Waals surface area contributed by atoms with Crippen molar-refractivity contribution in [3.05, 3.63) is 41.8 Å².